The molecule has 2 aromatic carbocycles. The minimum absolute atomic E-state index is 0. The predicted molar refractivity (Wildman–Crippen MR) is 104 cm³/mol. The van der Waals surface area contributed by atoms with Crippen molar-refractivity contribution in [1.82, 2.24) is 10.2 Å². The number of nitrogens with zero attached hydrogens (tertiary/aromatic N) is 1. The van der Waals surface area contributed by atoms with E-state index >= 15 is 0 Å². The number of aromatic nitrogens is 2. The van der Waals surface area contributed by atoms with Gasteiger partial charge in [-0.3, -0.25) is 9.59 Å². The Bertz CT molecular complexity index is 1020. The molecule has 1 aliphatic carbocycles. The molecule has 4 N–H and O–H groups in total. The van der Waals surface area contributed by atoms with Crippen LogP contribution in [0.4, 0.5) is 5.69 Å². The first kappa shape index (κ1) is 18.1. The van der Waals surface area contributed by atoms with Gasteiger partial charge in [-0.2, -0.15) is 5.10 Å². The average Bonchev–Trinajstić information content (AvgIpc) is 3.43. The average molecular weight is 371 g/mol. The Morgan fingerprint density at radius 2 is 1.96 bits per heavy atom. The van der Waals surface area contributed by atoms with Crippen LogP contribution in [0.1, 0.15) is 6.42 Å². The number of H-pyrrole nitrogens is 1. The van der Waals surface area contributed by atoms with Crippen molar-refractivity contribution in [1.29, 1.82) is 0 Å². The van der Waals surface area contributed by atoms with E-state index in [4.69, 9.17) is 5.73 Å². The Hall–Kier alpha value is -2.70. The summed E-state index contributed by atoms with van der Waals surface area (Å²) in [6.07, 6.45) is 0.855. The molecule has 0 aliphatic heterocycles. The van der Waals surface area contributed by atoms with Crippen molar-refractivity contribution >= 4 is 34.8 Å². The molecule has 0 saturated heterocycles. The summed E-state index contributed by atoms with van der Waals surface area (Å²) in [7, 11) is 0. The zero-order valence-electron chi connectivity index (χ0n) is 13.9. The maximum Gasteiger partial charge on any atom is 0.272 e. The number of hydrogen-bond acceptors (Lipinski definition) is 4. The van der Waals surface area contributed by atoms with Gasteiger partial charge in [-0.05, 0) is 37.1 Å². The molecule has 1 aromatic heterocycles. The minimum atomic E-state index is -0.217. The standard InChI is InChI=1S/C19H18N4O2.ClH/c20-10-12-9-16(12)18(24)21-13-5-3-4-11(8-13)17-14-6-1-2-7-15(14)19(25)23-22-17;/h1-8,12,16H,9-10,20H2,(H,21,24)(H,23,25);1H. The number of fused-ring (bicyclic) bond motifs is 1. The summed E-state index contributed by atoms with van der Waals surface area (Å²) >= 11 is 0. The zero-order chi connectivity index (χ0) is 17.4. The Morgan fingerprint density at radius 1 is 1.19 bits per heavy atom. The number of rotatable bonds is 4. The monoisotopic (exact) mass is 370 g/mol. The third kappa shape index (κ3) is 3.34. The van der Waals surface area contributed by atoms with Crippen LogP contribution in [0.2, 0.25) is 0 Å². The van der Waals surface area contributed by atoms with E-state index < -0.39 is 0 Å². The number of anilines is 1. The minimum Gasteiger partial charge on any atom is -0.330 e. The second-order valence-corrected chi connectivity index (χ2v) is 6.35. The molecule has 4 rings (SSSR count). The summed E-state index contributed by atoms with van der Waals surface area (Å²) in [6, 6.07) is 14.8. The Morgan fingerprint density at radius 3 is 2.69 bits per heavy atom. The van der Waals surface area contributed by atoms with Gasteiger partial charge in [0, 0.05) is 22.6 Å². The molecule has 0 spiro atoms. The highest BCUT2D eigenvalue weighted by Gasteiger charge is 2.41. The van der Waals surface area contributed by atoms with Gasteiger partial charge in [0.2, 0.25) is 5.91 Å². The summed E-state index contributed by atoms with van der Waals surface area (Å²) in [5, 5.41) is 11.0. The zero-order valence-corrected chi connectivity index (χ0v) is 14.8. The van der Waals surface area contributed by atoms with Gasteiger partial charge in [-0.1, -0.05) is 30.3 Å². The van der Waals surface area contributed by atoms with Gasteiger partial charge in [0.05, 0.1) is 11.1 Å². The Balaban J connectivity index is 0.00000196. The number of halogens is 1. The number of nitrogens with one attached hydrogen (secondary N) is 2. The maximum absolute atomic E-state index is 12.2. The third-order valence-corrected chi connectivity index (χ3v) is 4.66. The number of hydrogen-bond donors (Lipinski definition) is 3. The van der Waals surface area contributed by atoms with Crippen LogP contribution in [-0.4, -0.2) is 22.6 Å². The van der Waals surface area contributed by atoms with Gasteiger partial charge in [0.25, 0.3) is 5.56 Å². The molecule has 1 aliphatic rings. The van der Waals surface area contributed by atoms with Crippen molar-refractivity contribution in [2.45, 2.75) is 6.42 Å². The molecule has 1 fully saturated rings. The first-order valence-corrected chi connectivity index (χ1v) is 8.26. The van der Waals surface area contributed by atoms with Crippen molar-refractivity contribution in [3.8, 4) is 11.3 Å². The Labute approximate surface area is 156 Å². The molecule has 2 atom stereocenters. The quantitative estimate of drug-likeness (QED) is 0.656. The van der Waals surface area contributed by atoms with E-state index in [9.17, 15) is 9.59 Å². The van der Waals surface area contributed by atoms with E-state index in [2.05, 4.69) is 15.5 Å². The normalized spacial score (nSPS) is 18.2. The third-order valence-electron chi connectivity index (χ3n) is 4.66. The highest BCUT2D eigenvalue weighted by Crippen LogP contribution is 2.38. The van der Waals surface area contributed by atoms with E-state index in [-0.39, 0.29) is 29.8 Å². The summed E-state index contributed by atoms with van der Waals surface area (Å²) in [4.78, 5) is 24.1. The first-order chi connectivity index (χ1) is 12.2. The molecule has 1 amide bonds. The molecule has 7 heteroatoms. The second kappa shape index (κ2) is 7.27. The van der Waals surface area contributed by atoms with E-state index in [1.54, 1.807) is 6.07 Å². The Kier molecular flexibility index (Phi) is 5.06. The molecule has 1 heterocycles. The molecule has 134 valence electrons. The molecular formula is C19H19ClN4O2. The van der Waals surface area contributed by atoms with Crippen LogP contribution in [0.3, 0.4) is 0 Å². The van der Waals surface area contributed by atoms with Crippen molar-refractivity contribution in [2.24, 2.45) is 17.6 Å². The largest absolute Gasteiger partial charge is 0.330 e. The number of carbonyl (C=O) groups is 1. The van der Waals surface area contributed by atoms with Crippen molar-refractivity contribution in [2.75, 3.05) is 11.9 Å². The first-order valence-electron chi connectivity index (χ1n) is 8.26. The second-order valence-electron chi connectivity index (χ2n) is 6.35. The van der Waals surface area contributed by atoms with Crippen molar-refractivity contribution < 1.29 is 4.79 Å². The van der Waals surface area contributed by atoms with Gasteiger partial charge in [-0.15, -0.1) is 12.4 Å². The number of carbonyl (C=O) groups excluding carboxylic acids is 1. The molecule has 1 saturated carbocycles. The van der Waals surface area contributed by atoms with E-state index in [0.717, 1.165) is 17.4 Å². The summed E-state index contributed by atoms with van der Waals surface area (Å²) in [6.45, 7) is 0.547. The summed E-state index contributed by atoms with van der Waals surface area (Å²) < 4.78 is 0. The van der Waals surface area contributed by atoms with Crippen LogP contribution in [0.15, 0.2) is 53.3 Å². The molecule has 2 unspecified atom stereocenters. The fourth-order valence-electron chi connectivity index (χ4n) is 3.14. The lowest BCUT2D eigenvalue weighted by molar-refractivity contribution is -0.117. The van der Waals surface area contributed by atoms with Crippen LogP contribution in [0.5, 0.6) is 0 Å². The van der Waals surface area contributed by atoms with Crippen LogP contribution < -0.4 is 16.6 Å². The van der Waals surface area contributed by atoms with E-state index in [1.807, 2.05) is 42.5 Å². The van der Waals surface area contributed by atoms with Crippen LogP contribution in [0, 0.1) is 11.8 Å². The van der Waals surface area contributed by atoms with Gasteiger partial charge < -0.3 is 11.1 Å². The lowest BCUT2D eigenvalue weighted by Crippen LogP contribution is -2.17. The van der Waals surface area contributed by atoms with Crippen molar-refractivity contribution in [3.63, 3.8) is 0 Å². The van der Waals surface area contributed by atoms with Crippen LogP contribution in [-0.2, 0) is 4.79 Å². The lowest BCUT2D eigenvalue weighted by Gasteiger charge is -2.09. The van der Waals surface area contributed by atoms with Gasteiger partial charge in [0.1, 0.15) is 0 Å². The van der Waals surface area contributed by atoms with Crippen molar-refractivity contribution in [3.05, 3.63) is 58.9 Å². The topological polar surface area (TPSA) is 101 Å². The van der Waals surface area contributed by atoms with E-state index in [1.165, 1.54) is 0 Å². The highest BCUT2D eigenvalue weighted by molar-refractivity contribution is 5.97. The fourth-order valence-corrected chi connectivity index (χ4v) is 3.14. The number of nitrogens with two attached hydrogens (primary N) is 1. The fraction of sp³-hybridized carbons (Fsp3) is 0.211. The van der Waals surface area contributed by atoms with Crippen LogP contribution >= 0.6 is 12.4 Å². The van der Waals surface area contributed by atoms with Gasteiger partial charge >= 0.3 is 0 Å². The SMILES string of the molecule is Cl.NCC1CC1C(=O)Nc1cccc(-c2n[nH]c(=O)c3ccccc23)c1. The highest BCUT2D eigenvalue weighted by atomic mass is 35.5. The lowest BCUT2D eigenvalue weighted by atomic mass is 10.0. The van der Waals surface area contributed by atoms with Crippen LogP contribution in [0.25, 0.3) is 22.0 Å². The molecule has 6 nitrogen and oxygen atoms in total. The van der Waals surface area contributed by atoms with Gasteiger partial charge in [-0.25, -0.2) is 5.10 Å². The van der Waals surface area contributed by atoms with Gasteiger partial charge in [0.15, 0.2) is 0 Å². The smallest absolute Gasteiger partial charge is 0.272 e. The molecule has 0 radical (unpaired) electrons. The molecule has 3 aromatic rings. The molecule has 0 bridgehead atoms. The maximum atomic E-state index is 12.2. The molecule has 26 heavy (non-hydrogen) atoms. The number of benzene rings is 2. The summed E-state index contributed by atoms with van der Waals surface area (Å²) in [5.74, 6) is 0.320. The number of amides is 1. The van der Waals surface area contributed by atoms with E-state index in [0.29, 0.717) is 29.2 Å². The number of aromatic amines is 1. The molecular weight excluding hydrogens is 352 g/mol. The summed E-state index contributed by atoms with van der Waals surface area (Å²) in [5.41, 5.74) is 7.60. The predicted octanol–water partition coefficient (Wildman–Crippen LogP) is 2.55.